The molecule has 278 valence electrons. The molecule has 8 aromatic rings. The van der Waals surface area contributed by atoms with E-state index in [-0.39, 0.29) is 0 Å². The van der Waals surface area contributed by atoms with Gasteiger partial charge in [-0.05, 0) is 108 Å². The van der Waals surface area contributed by atoms with Crippen LogP contribution in [-0.4, -0.2) is 0 Å². The zero-order valence-electron chi connectivity index (χ0n) is 30.4. The second kappa shape index (κ2) is 19.4. The summed E-state index contributed by atoms with van der Waals surface area (Å²) in [7, 11) is 7.40. The first-order chi connectivity index (χ1) is 26.4. The van der Waals surface area contributed by atoms with Crippen molar-refractivity contribution in [2.45, 2.75) is 27.7 Å². The van der Waals surface area contributed by atoms with Gasteiger partial charge in [0.05, 0.1) is 0 Å². The van der Waals surface area contributed by atoms with Crippen LogP contribution < -0.4 is 31.8 Å². The predicted molar refractivity (Wildman–Crippen MR) is 235 cm³/mol. The Kier molecular flexibility index (Phi) is 14.7. The molecule has 0 saturated carbocycles. The summed E-state index contributed by atoms with van der Waals surface area (Å²) in [4.78, 5) is 0. The molecule has 0 spiro atoms. The van der Waals surface area contributed by atoms with Gasteiger partial charge < -0.3 is 0 Å². The van der Waals surface area contributed by atoms with Gasteiger partial charge in [0.1, 0.15) is 0 Å². The van der Waals surface area contributed by atoms with Crippen molar-refractivity contribution in [1.29, 1.82) is 0 Å². The average molecular weight is 1140 g/mol. The van der Waals surface area contributed by atoms with Gasteiger partial charge >= 0.3 is 58.4 Å². The van der Waals surface area contributed by atoms with E-state index >= 15 is 0 Å². The molecule has 0 nitrogen and oxygen atoms in total. The topological polar surface area (TPSA) is 0 Å². The van der Waals surface area contributed by atoms with E-state index in [0.29, 0.717) is 0 Å². The number of halogens is 2. The van der Waals surface area contributed by atoms with Crippen molar-refractivity contribution in [2.75, 3.05) is 0 Å². The molecule has 0 aliphatic carbocycles. The van der Waals surface area contributed by atoms with Crippen molar-refractivity contribution in [3.05, 3.63) is 192 Å². The summed E-state index contributed by atoms with van der Waals surface area (Å²) in [6.07, 6.45) is 0. The van der Waals surface area contributed by atoms with Gasteiger partial charge in [-0.2, -0.15) is 0 Å². The Morgan fingerprint density at radius 3 is 0.852 bits per heavy atom. The van der Waals surface area contributed by atoms with E-state index in [9.17, 15) is 0 Å². The van der Waals surface area contributed by atoms with Crippen LogP contribution >= 0.6 is 34.2 Å². The van der Waals surface area contributed by atoms with Gasteiger partial charge in [-0.1, -0.05) is 192 Å². The van der Waals surface area contributed by atoms with Crippen LogP contribution in [0.15, 0.2) is 170 Å². The second-order valence-electron chi connectivity index (χ2n) is 13.4. The minimum atomic E-state index is -0.885. The number of fused-ring (bicyclic) bond motifs is 2. The fourth-order valence-corrected chi connectivity index (χ4v) is 11.9. The third-order valence-corrected chi connectivity index (χ3v) is 14.7. The Balaban J connectivity index is 0.00000120. The first-order valence-corrected chi connectivity index (χ1v) is 25.6. The van der Waals surface area contributed by atoms with Crippen LogP contribution in [0.25, 0.3) is 32.7 Å². The van der Waals surface area contributed by atoms with Crippen LogP contribution in [0, 0.1) is 27.7 Å². The molecule has 0 bridgehead atoms. The molecule has 6 heteroatoms. The molecule has 0 saturated heterocycles. The molecule has 0 aliphatic heterocycles. The number of aryl methyl sites for hydroxylation is 4. The van der Waals surface area contributed by atoms with Crippen LogP contribution in [-0.2, 0) is 40.0 Å². The molecule has 0 atom stereocenters. The molecule has 0 heterocycles. The first kappa shape index (κ1) is 40.9. The van der Waals surface area contributed by atoms with Crippen molar-refractivity contribution in [2.24, 2.45) is 0 Å². The molecule has 0 amide bonds. The summed E-state index contributed by atoms with van der Waals surface area (Å²) in [6, 6.07) is 64.6. The van der Waals surface area contributed by atoms with Crippen LogP contribution in [0.2, 0.25) is 0 Å². The van der Waals surface area contributed by atoms with Gasteiger partial charge in [-0.25, -0.2) is 0 Å². The fraction of sp³-hybridized carbons (Fsp3) is 0.0833. The Morgan fingerprint density at radius 2 is 0.574 bits per heavy atom. The Labute approximate surface area is 355 Å². The molecule has 0 unspecified atom stereocenters. The number of hydrogen-bond donors (Lipinski definition) is 0. The average Bonchev–Trinajstić information content (AvgIpc) is 3.22. The van der Waals surface area contributed by atoms with Gasteiger partial charge in [0.2, 0.25) is 0 Å². The monoisotopic (exact) mass is 1140 g/mol. The molecule has 0 radical (unpaired) electrons. The second-order valence-corrected chi connectivity index (χ2v) is 17.7. The predicted octanol–water partition coefficient (Wildman–Crippen LogP) is 11.8. The summed E-state index contributed by atoms with van der Waals surface area (Å²) >= 11 is 3.50. The molecular weight excluding hydrogens is 1100 g/mol. The van der Waals surface area contributed by atoms with Crippen LogP contribution in [0.1, 0.15) is 22.3 Å². The van der Waals surface area contributed by atoms with Gasteiger partial charge in [0.25, 0.3) is 0 Å². The number of benzene rings is 8. The SMILES string of the molecule is Cc1ccc(P(c2ccc(C)cc2)c2ccc3ccccc3c2-c2c(P(c3ccc(C)cc3)c3ccc(C)cc3)ccc3ccccc23)cc1.[Cl][Au].[Cl][Au]. The van der Waals surface area contributed by atoms with E-state index in [2.05, 4.69) is 216 Å². The number of hydrogen-bond acceptors (Lipinski definition) is 0. The first-order valence-electron chi connectivity index (χ1n) is 17.6. The van der Waals surface area contributed by atoms with Gasteiger partial charge in [-0.15, -0.1) is 0 Å². The quantitative estimate of drug-likeness (QED) is 0.110. The van der Waals surface area contributed by atoms with Crippen LogP contribution in [0.4, 0.5) is 0 Å². The summed E-state index contributed by atoms with van der Waals surface area (Å²) in [6.45, 7) is 8.72. The van der Waals surface area contributed by atoms with Crippen molar-refractivity contribution in [1.82, 2.24) is 0 Å². The van der Waals surface area contributed by atoms with Crippen molar-refractivity contribution in [3.8, 4) is 11.1 Å². The molecule has 0 aliphatic rings. The summed E-state index contributed by atoms with van der Waals surface area (Å²) < 4.78 is 0. The Bertz CT molecular complexity index is 2200. The van der Waals surface area contributed by atoms with Crippen molar-refractivity contribution >= 4 is 87.6 Å². The van der Waals surface area contributed by atoms with Crippen molar-refractivity contribution in [3.63, 3.8) is 0 Å². The van der Waals surface area contributed by atoms with Gasteiger partial charge in [0, 0.05) is 0 Å². The maximum absolute atomic E-state index is 4.58. The minimum absolute atomic E-state index is 0.885. The molecular formula is C48H40Au2Cl2P2. The van der Waals surface area contributed by atoms with E-state index in [1.54, 1.807) is 40.0 Å². The molecule has 54 heavy (non-hydrogen) atoms. The Morgan fingerprint density at radius 1 is 0.315 bits per heavy atom. The fourth-order valence-electron chi connectivity index (χ4n) is 7.05. The van der Waals surface area contributed by atoms with E-state index in [1.807, 2.05) is 0 Å². The zero-order chi connectivity index (χ0) is 38.2. The zero-order valence-corrected chi connectivity index (χ0v) is 38.1. The third kappa shape index (κ3) is 8.92. The molecule has 8 aromatic carbocycles. The molecule has 0 N–H and O–H groups in total. The summed E-state index contributed by atoms with van der Waals surface area (Å²) in [5.41, 5.74) is 7.84. The van der Waals surface area contributed by atoms with Crippen LogP contribution in [0.5, 0.6) is 0 Å². The van der Waals surface area contributed by atoms with Crippen LogP contribution in [0.3, 0.4) is 0 Å². The van der Waals surface area contributed by atoms with E-state index in [4.69, 9.17) is 0 Å². The Hall–Kier alpha value is -2.80. The van der Waals surface area contributed by atoms with E-state index < -0.39 is 15.8 Å². The summed E-state index contributed by atoms with van der Waals surface area (Å²) in [5.74, 6) is 0. The van der Waals surface area contributed by atoms with Gasteiger partial charge in [0.15, 0.2) is 0 Å². The molecule has 0 aromatic heterocycles. The normalized spacial score (nSPS) is 11.0. The van der Waals surface area contributed by atoms with Crippen molar-refractivity contribution < 1.29 is 40.0 Å². The van der Waals surface area contributed by atoms with Gasteiger partial charge in [-0.3, -0.25) is 0 Å². The summed E-state index contributed by atoms with van der Waals surface area (Å²) in [5, 5.41) is 13.4. The maximum atomic E-state index is 4.58. The molecule has 8 rings (SSSR count). The standard InChI is InChI=1S/C48H40P2.2Au.2ClH/c1-33-13-23-39(24-14-33)49(40-25-15-34(2)16-26-40)45-31-21-37-9-5-7-11-43(37)47(45)48-44-12-8-6-10-38(44)22-32-46(48)50(41-27-17-35(3)18-28-41)42-29-19-36(4)20-30-42;;;;/h5-32H,1-4H3;;;2*1H/q;2*+1;;/p-2. The molecule has 0 fully saturated rings. The van der Waals surface area contributed by atoms with E-state index in [1.165, 1.54) is 86.8 Å². The number of rotatable bonds is 7. The third-order valence-electron chi connectivity index (χ3n) is 9.71. The van der Waals surface area contributed by atoms with E-state index in [0.717, 1.165) is 0 Å².